The molecule has 7 heteroatoms. The van der Waals surface area contributed by atoms with Crippen LogP contribution in [0.1, 0.15) is 31.1 Å². The third-order valence-electron chi connectivity index (χ3n) is 3.77. The van der Waals surface area contributed by atoms with Crippen LogP contribution in [0.15, 0.2) is 121 Å². The molecular weight excluding hydrogens is 571 g/mol. The van der Waals surface area contributed by atoms with Gasteiger partial charge in [-0.1, -0.05) is 91.0 Å². The van der Waals surface area contributed by atoms with Crippen molar-refractivity contribution in [3.63, 3.8) is 0 Å². The Morgan fingerprint density at radius 2 is 0.618 bits per heavy atom. The van der Waals surface area contributed by atoms with Crippen molar-refractivity contribution in [2.45, 2.75) is 0 Å². The summed E-state index contributed by atoms with van der Waals surface area (Å²) in [5.41, 5.74) is 0.660. The predicted molar refractivity (Wildman–Crippen MR) is 118 cm³/mol. The molecule has 170 valence electrons. The van der Waals surface area contributed by atoms with Gasteiger partial charge in [-0.05, 0) is 16.7 Å². The number of hydrogen-bond donors (Lipinski definition) is 0. The van der Waals surface area contributed by atoms with Crippen LogP contribution in [0.5, 0.6) is 0 Å². The Morgan fingerprint density at radius 3 is 0.735 bits per heavy atom. The molecule has 0 saturated heterocycles. The van der Waals surface area contributed by atoms with Crippen molar-refractivity contribution in [1.82, 2.24) is 0 Å². The van der Waals surface area contributed by atoms with Crippen molar-refractivity contribution in [3.8, 4) is 0 Å². The molecule has 4 aromatic rings. The average molecular weight is 591 g/mol. The zero-order chi connectivity index (χ0) is 25.2. The Morgan fingerprint density at radius 1 is 0.412 bits per heavy atom. The van der Waals surface area contributed by atoms with Crippen LogP contribution in [0.4, 0.5) is 0 Å². The summed E-state index contributed by atoms with van der Waals surface area (Å²) in [6.45, 7) is 0. The summed E-state index contributed by atoms with van der Waals surface area (Å²) in [5.74, 6) is -3.39. The summed E-state index contributed by atoms with van der Waals surface area (Å²) in [6.07, 6.45) is 0. The normalized spacial score (nSPS) is 8.79. The summed E-state index contributed by atoms with van der Waals surface area (Å²) >= 11 is 1.54. The predicted octanol–water partition coefficient (Wildman–Crippen LogP) is 1.01. The van der Waals surface area contributed by atoms with Crippen LogP contribution >= 0.6 is 0 Å². The molecule has 0 heterocycles. The van der Waals surface area contributed by atoms with Gasteiger partial charge in [0.2, 0.25) is 0 Å². The molecule has 4 aromatic carbocycles. The van der Waals surface area contributed by atoms with Crippen LogP contribution in [0, 0.1) is 38.3 Å². The second-order valence-electron chi connectivity index (χ2n) is 6.27. The maximum atomic E-state index is 10.1. The van der Waals surface area contributed by atoms with Crippen LogP contribution in [0.25, 0.3) is 0 Å². The molecule has 6 nitrogen and oxygen atoms in total. The minimum atomic E-state index is -1.13. The van der Waals surface area contributed by atoms with Gasteiger partial charge >= 0.3 is 70.0 Å². The Kier molecular flexibility index (Phi) is 14.5. The average Bonchev–Trinajstić information content (AvgIpc) is 2.87. The van der Waals surface area contributed by atoms with Crippen LogP contribution in [-0.2, 0) is 0 Å². The number of carboxylic acids is 3. The van der Waals surface area contributed by atoms with E-state index in [1.807, 2.05) is 6.07 Å². The zero-order valence-electron chi connectivity index (χ0n) is 17.9. The van der Waals surface area contributed by atoms with Crippen molar-refractivity contribution < 1.29 is 68.0 Å². The Bertz CT molecular complexity index is 1000. The van der Waals surface area contributed by atoms with Gasteiger partial charge in [-0.15, -0.1) is 0 Å². The van der Waals surface area contributed by atoms with Gasteiger partial charge in [0.1, 0.15) is 0 Å². The van der Waals surface area contributed by atoms with Gasteiger partial charge in [-0.25, -0.2) is 0 Å². The van der Waals surface area contributed by atoms with Crippen LogP contribution in [0.2, 0.25) is 0 Å². The fourth-order valence-electron chi connectivity index (χ4n) is 2.14. The van der Waals surface area contributed by atoms with E-state index in [-0.39, 0.29) is 16.7 Å². The van der Waals surface area contributed by atoms with Crippen molar-refractivity contribution in [2.75, 3.05) is 0 Å². The molecule has 34 heavy (non-hydrogen) atoms. The third-order valence-corrected chi connectivity index (χ3v) is 4.64. The molecule has 0 amide bonds. The molecule has 0 aliphatic heterocycles. The number of carbonyl (C=O) groups excluding carboxylic acids is 3. The first kappa shape index (κ1) is 28.7. The van der Waals surface area contributed by atoms with Gasteiger partial charge in [0.15, 0.2) is 0 Å². The third kappa shape index (κ3) is 13.2. The molecule has 0 aromatic heterocycles. The van der Waals surface area contributed by atoms with Gasteiger partial charge in [-0.2, -0.15) is 0 Å². The molecule has 4 rings (SSSR count). The quantitative estimate of drug-likeness (QED) is 0.351. The molecule has 0 atom stereocenters. The zero-order valence-corrected chi connectivity index (χ0v) is 20.5. The van der Waals surface area contributed by atoms with Gasteiger partial charge in [0.25, 0.3) is 0 Å². The molecule has 0 saturated carbocycles. The van der Waals surface area contributed by atoms with Gasteiger partial charge < -0.3 is 29.7 Å². The molecule has 0 unspecified atom stereocenters. The Labute approximate surface area is 223 Å². The van der Waals surface area contributed by atoms with Gasteiger partial charge in [0, 0.05) is 0 Å². The van der Waals surface area contributed by atoms with Gasteiger partial charge in [0.05, 0.1) is 17.9 Å². The number of carboxylic acid groups (broad SMARTS) is 3. The number of hydrogen-bond acceptors (Lipinski definition) is 6. The van der Waals surface area contributed by atoms with E-state index in [1.54, 1.807) is 54.6 Å². The van der Waals surface area contributed by atoms with Gasteiger partial charge in [-0.3, -0.25) is 0 Å². The molecule has 0 aliphatic carbocycles. The molecule has 0 fully saturated rings. The second kappa shape index (κ2) is 17.1. The Hall–Kier alpha value is -3.37. The molecular formula is C27H20O6Sm. The van der Waals surface area contributed by atoms with Crippen molar-refractivity contribution in [2.24, 2.45) is 0 Å². The number of aromatic carboxylic acids is 3. The summed E-state index contributed by atoms with van der Waals surface area (Å²) in [5, 5.41) is 30.3. The van der Waals surface area contributed by atoms with E-state index < -0.39 is 17.9 Å². The van der Waals surface area contributed by atoms with E-state index in [9.17, 15) is 29.7 Å². The SMILES string of the molecule is O=C([O-])c1ccccc1.O=C([O-])c1ccccc1.O=C([O-])c1ccccc1.[Sm+3][c]1ccccc1. The van der Waals surface area contributed by atoms with E-state index in [4.69, 9.17) is 0 Å². The topological polar surface area (TPSA) is 120 Å². The van der Waals surface area contributed by atoms with E-state index in [1.165, 1.54) is 76.0 Å². The first-order valence-electron chi connectivity index (χ1n) is 9.82. The Balaban J connectivity index is 0.000000228. The summed E-state index contributed by atoms with van der Waals surface area (Å²) < 4.78 is 1.41. The van der Waals surface area contributed by atoms with E-state index in [0.29, 0.717) is 0 Å². The summed E-state index contributed by atoms with van der Waals surface area (Å²) in [7, 11) is 0. The summed E-state index contributed by atoms with van der Waals surface area (Å²) in [6, 6.07) is 34.6. The fraction of sp³-hybridized carbons (Fsp3) is 0. The molecule has 0 radical (unpaired) electrons. The number of benzene rings is 4. The first-order valence-corrected chi connectivity index (χ1v) is 11.1. The summed E-state index contributed by atoms with van der Waals surface area (Å²) in [4.78, 5) is 30.3. The van der Waals surface area contributed by atoms with Crippen LogP contribution in [0.3, 0.4) is 0 Å². The number of rotatable bonds is 3. The molecule has 0 aliphatic rings. The van der Waals surface area contributed by atoms with E-state index >= 15 is 0 Å². The second-order valence-corrected chi connectivity index (χ2v) is 7.79. The molecule has 0 bridgehead atoms. The molecule has 0 N–H and O–H groups in total. The van der Waals surface area contributed by atoms with Crippen molar-refractivity contribution >= 4 is 19.2 Å². The van der Waals surface area contributed by atoms with E-state index in [2.05, 4.69) is 24.3 Å². The van der Waals surface area contributed by atoms with E-state index in [0.717, 1.165) is 0 Å². The fourth-order valence-corrected chi connectivity index (χ4v) is 2.65. The van der Waals surface area contributed by atoms with Crippen molar-refractivity contribution in [3.05, 3.63) is 138 Å². The van der Waals surface area contributed by atoms with Crippen molar-refractivity contribution in [1.29, 1.82) is 0 Å². The maximum absolute atomic E-state index is 10.1. The number of carbonyl (C=O) groups is 3. The first-order chi connectivity index (χ1) is 16.3. The van der Waals surface area contributed by atoms with Crippen LogP contribution < -0.4 is 16.6 Å². The minimum absolute atomic E-state index is 0.220. The standard InChI is InChI=1S/3C7H6O2.C6H5.Sm/c3*8-7(9)6-4-2-1-3-5-6;1-2-4-6-5-3-1;/h3*1-5H,(H,8,9);1-5H;/q;;;;+3/p-3. The van der Waals surface area contributed by atoms with Crippen LogP contribution in [-0.4, -0.2) is 17.9 Å². The molecule has 0 spiro atoms. The monoisotopic (exact) mass is 592 g/mol.